The van der Waals surface area contributed by atoms with Crippen LogP contribution in [0.25, 0.3) is 0 Å². The standard InChI is InChI=1S/C14H20N2O7/c1-3-8(13(20)21)16-10-5-14(22,7-17)4-9(12(10)23-2)15-6-11(18)19/h3,15,17,22H,4-7H2,1-2H3,(H,18,19)(H,20,21)/b8-3+,16-10+/t14-/m0/s1. The summed E-state index contributed by atoms with van der Waals surface area (Å²) in [5.41, 5.74) is -1.50. The lowest BCUT2D eigenvalue weighted by Gasteiger charge is -2.33. The Balaban J connectivity index is 3.33. The number of hydrogen-bond donors (Lipinski definition) is 5. The van der Waals surface area contributed by atoms with E-state index in [-0.39, 0.29) is 35.7 Å². The Bertz CT molecular complexity index is 580. The number of carboxylic acid groups (broad SMARTS) is 2. The molecule has 1 aliphatic rings. The number of aliphatic hydroxyl groups is 2. The molecule has 9 heteroatoms. The molecular weight excluding hydrogens is 308 g/mol. The van der Waals surface area contributed by atoms with E-state index in [0.717, 1.165) is 0 Å². The lowest BCUT2D eigenvalue weighted by Crippen LogP contribution is -2.44. The zero-order chi connectivity index (χ0) is 17.6. The molecule has 128 valence electrons. The molecule has 0 bridgehead atoms. The number of methoxy groups -OCH3 is 1. The van der Waals surface area contributed by atoms with Crippen LogP contribution in [-0.4, -0.2) is 63.9 Å². The van der Waals surface area contributed by atoms with Gasteiger partial charge in [-0.3, -0.25) is 4.79 Å². The minimum Gasteiger partial charge on any atom is -0.493 e. The Kier molecular flexibility index (Phi) is 6.28. The number of rotatable bonds is 7. The Hall–Kier alpha value is -2.39. The molecule has 1 rings (SSSR count). The number of aliphatic carboxylic acids is 2. The van der Waals surface area contributed by atoms with Gasteiger partial charge in [0, 0.05) is 12.8 Å². The first-order valence-electron chi connectivity index (χ1n) is 6.80. The summed E-state index contributed by atoms with van der Waals surface area (Å²) in [5.74, 6) is -2.22. The molecule has 0 fully saturated rings. The maximum absolute atomic E-state index is 11.1. The maximum atomic E-state index is 11.1. The Morgan fingerprint density at radius 2 is 2.04 bits per heavy atom. The van der Waals surface area contributed by atoms with E-state index in [1.165, 1.54) is 20.1 Å². The molecule has 0 aromatic rings. The first kappa shape index (κ1) is 18.7. The van der Waals surface area contributed by atoms with Crippen molar-refractivity contribution in [3.05, 3.63) is 23.2 Å². The van der Waals surface area contributed by atoms with E-state index in [4.69, 9.17) is 14.9 Å². The van der Waals surface area contributed by atoms with Crippen LogP contribution in [0.1, 0.15) is 19.8 Å². The molecule has 0 unspecified atom stereocenters. The molecule has 1 atom stereocenters. The summed E-state index contributed by atoms with van der Waals surface area (Å²) in [6, 6.07) is 0. The number of nitrogens with one attached hydrogen (secondary N) is 1. The van der Waals surface area contributed by atoms with Gasteiger partial charge in [-0.2, -0.15) is 0 Å². The third-order valence-corrected chi connectivity index (χ3v) is 3.24. The van der Waals surface area contributed by atoms with Crippen molar-refractivity contribution in [3.63, 3.8) is 0 Å². The molecule has 23 heavy (non-hydrogen) atoms. The van der Waals surface area contributed by atoms with Crippen molar-refractivity contribution in [1.29, 1.82) is 0 Å². The monoisotopic (exact) mass is 328 g/mol. The fourth-order valence-electron chi connectivity index (χ4n) is 2.19. The summed E-state index contributed by atoms with van der Waals surface area (Å²) in [6.07, 6.45) is 1.08. The van der Waals surface area contributed by atoms with Gasteiger partial charge in [0.15, 0.2) is 5.76 Å². The van der Waals surface area contributed by atoms with Crippen LogP contribution in [0.15, 0.2) is 28.2 Å². The maximum Gasteiger partial charge on any atom is 0.354 e. The summed E-state index contributed by atoms with van der Waals surface area (Å²) >= 11 is 0. The normalized spacial score (nSPS) is 23.8. The van der Waals surface area contributed by atoms with E-state index >= 15 is 0 Å². The minimum atomic E-state index is -1.58. The fraction of sp³-hybridized carbons (Fsp3) is 0.500. The molecule has 5 N–H and O–H groups in total. The quantitative estimate of drug-likeness (QED) is 0.391. The molecule has 0 aromatic carbocycles. The highest BCUT2D eigenvalue weighted by Gasteiger charge is 2.38. The summed E-state index contributed by atoms with van der Waals surface area (Å²) in [6.45, 7) is 0.472. The van der Waals surface area contributed by atoms with Crippen LogP contribution >= 0.6 is 0 Å². The topological polar surface area (TPSA) is 149 Å². The molecule has 0 spiro atoms. The lowest BCUT2D eigenvalue weighted by atomic mass is 9.85. The van der Waals surface area contributed by atoms with E-state index in [2.05, 4.69) is 10.3 Å². The number of allylic oxidation sites excluding steroid dienone is 2. The van der Waals surface area contributed by atoms with Gasteiger partial charge in [0.2, 0.25) is 0 Å². The molecule has 1 aliphatic carbocycles. The highest BCUT2D eigenvalue weighted by Crippen LogP contribution is 2.30. The summed E-state index contributed by atoms with van der Waals surface area (Å²) in [4.78, 5) is 25.8. The predicted octanol–water partition coefficient (Wildman–Crippen LogP) is -0.535. The summed E-state index contributed by atoms with van der Waals surface area (Å²) in [5, 5.41) is 40.1. The fourth-order valence-corrected chi connectivity index (χ4v) is 2.19. The third kappa shape index (κ3) is 4.80. The number of nitrogens with zero attached hydrogens (tertiary/aromatic N) is 1. The van der Waals surface area contributed by atoms with Crippen LogP contribution in [0.5, 0.6) is 0 Å². The van der Waals surface area contributed by atoms with Crippen LogP contribution in [0.3, 0.4) is 0 Å². The van der Waals surface area contributed by atoms with Crippen molar-refractivity contribution in [3.8, 4) is 0 Å². The van der Waals surface area contributed by atoms with Crippen molar-refractivity contribution >= 4 is 17.7 Å². The number of aliphatic hydroxyl groups excluding tert-OH is 1. The Morgan fingerprint density at radius 1 is 1.39 bits per heavy atom. The van der Waals surface area contributed by atoms with Gasteiger partial charge in [-0.1, -0.05) is 6.08 Å². The highest BCUT2D eigenvalue weighted by atomic mass is 16.5. The summed E-state index contributed by atoms with van der Waals surface area (Å²) < 4.78 is 5.19. The number of aliphatic imine (C=N–C) groups is 1. The Labute approximate surface area is 132 Å². The molecule has 0 amide bonds. The lowest BCUT2D eigenvalue weighted by molar-refractivity contribution is -0.136. The summed E-state index contributed by atoms with van der Waals surface area (Å²) in [7, 11) is 1.33. The SMILES string of the molecule is C/C=C(/N=C1\C[C@](O)(CO)CC(NCC(=O)O)=C1OC)C(=O)O. The van der Waals surface area contributed by atoms with Crippen molar-refractivity contribution in [2.24, 2.45) is 4.99 Å². The number of carbonyl (C=O) groups is 2. The van der Waals surface area contributed by atoms with E-state index in [0.29, 0.717) is 0 Å². The van der Waals surface area contributed by atoms with Gasteiger partial charge in [-0.25, -0.2) is 9.79 Å². The molecule has 0 saturated heterocycles. The predicted molar refractivity (Wildman–Crippen MR) is 79.8 cm³/mol. The van der Waals surface area contributed by atoms with Gasteiger partial charge in [0.25, 0.3) is 0 Å². The molecular formula is C14H20N2O7. The minimum absolute atomic E-state index is 0.0722. The molecule has 0 aromatic heterocycles. The second-order valence-electron chi connectivity index (χ2n) is 5.03. The average molecular weight is 328 g/mol. The highest BCUT2D eigenvalue weighted by molar-refractivity contribution is 6.03. The number of hydrogen-bond acceptors (Lipinski definition) is 7. The zero-order valence-corrected chi connectivity index (χ0v) is 12.9. The Morgan fingerprint density at radius 3 is 2.48 bits per heavy atom. The smallest absolute Gasteiger partial charge is 0.354 e. The molecule has 0 saturated carbocycles. The molecule has 9 nitrogen and oxygen atoms in total. The van der Waals surface area contributed by atoms with E-state index in [1.54, 1.807) is 0 Å². The third-order valence-electron chi connectivity index (χ3n) is 3.24. The van der Waals surface area contributed by atoms with E-state index < -0.39 is 30.7 Å². The first-order chi connectivity index (χ1) is 10.8. The van der Waals surface area contributed by atoms with E-state index in [1.807, 2.05) is 0 Å². The van der Waals surface area contributed by atoms with Gasteiger partial charge in [-0.15, -0.1) is 0 Å². The van der Waals surface area contributed by atoms with Crippen LogP contribution in [0.4, 0.5) is 0 Å². The van der Waals surface area contributed by atoms with Gasteiger partial charge in [-0.05, 0) is 6.92 Å². The van der Waals surface area contributed by atoms with E-state index in [9.17, 15) is 19.8 Å². The second-order valence-corrected chi connectivity index (χ2v) is 5.03. The van der Waals surface area contributed by atoms with Crippen molar-refractivity contribution in [2.75, 3.05) is 20.3 Å². The number of carboxylic acids is 2. The zero-order valence-electron chi connectivity index (χ0n) is 12.9. The van der Waals surface area contributed by atoms with Crippen LogP contribution in [0.2, 0.25) is 0 Å². The van der Waals surface area contributed by atoms with Crippen molar-refractivity contribution < 1.29 is 34.8 Å². The number of ether oxygens (including phenoxy) is 1. The van der Waals surface area contributed by atoms with Crippen molar-refractivity contribution in [2.45, 2.75) is 25.4 Å². The van der Waals surface area contributed by atoms with Crippen LogP contribution in [0, 0.1) is 0 Å². The van der Waals surface area contributed by atoms with Crippen LogP contribution in [-0.2, 0) is 14.3 Å². The van der Waals surface area contributed by atoms with Crippen molar-refractivity contribution in [1.82, 2.24) is 5.32 Å². The molecule has 0 radical (unpaired) electrons. The molecule has 0 aliphatic heterocycles. The van der Waals surface area contributed by atoms with Gasteiger partial charge < -0.3 is 30.5 Å². The average Bonchev–Trinajstić information content (AvgIpc) is 2.49. The van der Waals surface area contributed by atoms with Crippen LogP contribution < -0.4 is 5.32 Å². The largest absolute Gasteiger partial charge is 0.493 e. The molecule has 0 heterocycles. The first-order valence-corrected chi connectivity index (χ1v) is 6.80. The second kappa shape index (κ2) is 7.75. The van der Waals surface area contributed by atoms with Gasteiger partial charge >= 0.3 is 11.9 Å². The van der Waals surface area contributed by atoms with Gasteiger partial charge in [0.05, 0.1) is 30.7 Å². The van der Waals surface area contributed by atoms with Gasteiger partial charge in [0.1, 0.15) is 12.2 Å².